The van der Waals surface area contributed by atoms with Crippen LogP contribution in [0.3, 0.4) is 0 Å². The van der Waals surface area contributed by atoms with Gasteiger partial charge in [-0.2, -0.15) is 4.98 Å². The molecular formula is C20H22N4OS2. The van der Waals surface area contributed by atoms with Gasteiger partial charge in [-0.25, -0.2) is 0 Å². The Morgan fingerprint density at radius 1 is 1.19 bits per heavy atom. The second-order valence-corrected chi connectivity index (χ2v) is 8.47. The van der Waals surface area contributed by atoms with Crippen molar-refractivity contribution < 1.29 is 4.74 Å². The van der Waals surface area contributed by atoms with E-state index in [0.29, 0.717) is 16.7 Å². The van der Waals surface area contributed by atoms with E-state index < -0.39 is 0 Å². The average Bonchev–Trinajstić information content (AvgIpc) is 3.04. The Balaban J connectivity index is 1.69. The molecule has 3 aromatic rings. The third-order valence-corrected chi connectivity index (χ3v) is 6.44. The van der Waals surface area contributed by atoms with Gasteiger partial charge in [-0.1, -0.05) is 49.7 Å². The number of anilines is 1. The van der Waals surface area contributed by atoms with Gasteiger partial charge < -0.3 is 10.1 Å². The molecule has 1 aromatic carbocycles. The Bertz CT molecular complexity index is 928. The normalized spacial score (nSPS) is 15.3. The van der Waals surface area contributed by atoms with Crippen LogP contribution in [0.5, 0.6) is 5.88 Å². The van der Waals surface area contributed by atoms with Gasteiger partial charge in [-0.15, -0.1) is 21.5 Å². The lowest BCUT2D eigenvalue weighted by Crippen LogP contribution is -2.16. The molecule has 140 valence electrons. The third-order valence-electron chi connectivity index (χ3n) is 4.45. The summed E-state index contributed by atoms with van der Waals surface area (Å²) in [5.74, 6) is 1.54. The summed E-state index contributed by atoms with van der Waals surface area (Å²) in [6, 6.07) is 10.2. The minimum atomic E-state index is -0.290. The van der Waals surface area contributed by atoms with E-state index in [9.17, 15) is 0 Å². The number of hydrogen-bond acceptors (Lipinski definition) is 7. The van der Waals surface area contributed by atoms with E-state index in [2.05, 4.69) is 40.8 Å². The van der Waals surface area contributed by atoms with Crippen LogP contribution in [0, 0.1) is 6.92 Å². The summed E-state index contributed by atoms with van der Waals surface area (Å²) < 4.78 is 6.31. The fourth-order valence-corrected chi connectivity index (χ4v) is 4.68. The van der Waals surface area contributed by atoms with Crippen LogP contribution in [0.1, 0.15) is 42.9 Å². The topological polar surface area (TPSA) is 59.9 Å². The summed E-state index contributed by atoms with van der Waals surface area (Å²) in [5.41, 5.74) is 3.84. The second kappa shape index (κ2) is 8.27. The van der Waals surface area contributed by atoms with E-state index in [-0.39, 0.29) is 6.23 Å². The van der Waals surface area contributed by atoms with E-state index in [0.717, 1.165) is 28.3 Å². The highest BCUT2D eigenvalue weighted by Crippen LogP contribution is 2.40. The Morgan fingerprint density at radius 2 is 2.07 bits per heavy atom. The molecule has 0 aliphatic carbocycles. The van der Waals surface area contributed by atoms with Crippen LogP contribution in [-0.2, 0) is 0 Å². The SMILES string of the molecule is CCCCCSc1nnc2c(n1)OC(c1sccc1C)Nc1ccccc1-2. The lowest BCUT2D eigenvalue weighted by atomic mass is 10.1. The van der Waals surface area contributed by atoms with Crippen molar-refractivity contribution in [1.82, 2.24) is 15.2 Å². The lowest BCUT2D eigenvalue weighted by molar-refractivity contribution is 0.228. The highest BCUT2D eigenvalue weighted by molar-refractivity contribution is 7.99. The number of aromatic nitrogens is 3. The fraction of sp³-hybridized carbons (Fsp3) is 0.350. The number of fused-ring (bicyclic) bond motifs is 3. The van der Waals surface area contributed by atoms with Gasteiger partial charge in [-0.05, 0) is 36.4 Å². The predicted octanol–water partition coefficient (Wildman–Crippen LogP) is 5.69. The van der Waals surface area contributed by atoms with Crippen LogP contribution in [-0.4, -0.2) is 20.9 Å². The molecule has 27 heavy (non-hydrogen) atoms. The second-order valence-electron chi connectivity index (χ2n) is 6.46. The van der Waals surface area contributed by atoms with Crippen molar-refractivity contribution in [3.63, 3.8) is 0 Å². The molecule has 0 amide bonds. The number of nitrogens with one attached hydrogen (secondary N) is 1. The van der Waals surface area contributed by atoms with Crippen LogP contribution in [0.15, 0.2) is 40.9 Å². The van der Waals surface area contributed by atoms with Gasteiger partial charge in [0.2, 0.25) is 17.3 Å². The monoisotopic (exact) mass is 398 g/mol. The zero-order valence-electron chi connectivity index (χ0n) is 15.4. The van der Waals surface area contributed by atoms with Crippen LogP contribution in [0.25, 0.3) is 11.3 Å². The molecule has 1 aliphatic rings. The first-order valence-electron chi connectivity index (χ1n) is 9.20. The van der Waals surface area contributed by atoms with Gasteiger partial charge in [0.15, 0.2) is 5.69 Å². The molecule has 7 heteroatoms. The molecule has 2 aromatic heterocycles. The molecule has 0 fully saturated rings. The van der Waals surface area contributed by atoms with E-state index in [1.807, 2.05) is 24.3 Å². The number of para-hydroxylation sites is 1. The van der Waals surface area contributed by atoms with Crippen LogP contribution >= 0.6 is 23.1 Å². The van der Waals surface area contributed by atoms with Gasteiger partial charge in [0.1, 0.15) is 0 Å². The molecule has 0 radical (unpaired) electrons. The third kappa shape index (κ3) is 3.94. The molecule has 1 atom stereocenters. The van der Waals surface area contributed by atoms with Crippen molar-refractivity contribution in [2.75, 3.05) is 11.1 Å². The summed E-state index contributed by atoms with van der Waals surface area (Å²) in [6.45, 7) is 4.30. The van der Waals surface area contributed by atoms with Crippen molar-refractivity contribution in [2.45, 2.75) is 44.5 Å². The average molecular weight is 399 g/mol. The Hall–Kier alpha value is -2.12. The number of unbranched alkanes of at least 4 members (excludes halogenated alkanes) is 2. The van der Waals surface area contributed by atoms with E-state index in [1.165, 1.54) is 18.4 Å². The molecule has 0 spiro atoms. The largest absolute Gasteiger partial charge is 0.447 e. The van der Waals surface area contributed by atoms with Gasteiger partial charge in [0.25, 0.3) is 0 Å². The molecule has 1 unspecified atom stereocenters. The maximum absolute atomic E-state index is 6.31. The summed E-state index contributed by atoms with van der Waals surface area (Å²) in [5, 5.41) is 15.1. The highest BCUT2D eigenvalue weighted by atomic mass is 32.2. The zero-order valence-corrected chi connectivity index (χ0v) is 17.1. The van der Waals surface area contributed by atoms with E-state index >= 15 is 0 Å². The minimum Gasteiger partial charge on any atom is -0.447 e. The molecule has 1 N–H and O–H groups in total. The predicted molar refractivity (Wildman–Crippen MR) is 112 cm³/mol. The van der Waals surface area contributed by atoms with Gasteiger partial charge in [-0.3, -0.25) is 0 Å². The van der Waals surface area contributed by atoms with Crippen molar-refractivity contribution in [2.24, 2.45) is 0 Å². The first-order valence-corrected chi connectivity index (χ1v) is 11.1. The zero-order chi connectivity index (χ0) is 18.6. The quantitative estimate of drug-likeness (QED) is 0.425. The number of thioether (sulfide) groups is 1. The summed E-state index contributed by atoms with van der Waals surface area (Å²) in [6.07, 6.45) is 3.29. The Labute approximate surface area is 167 Å². The summed E-state index contributed by atoms with van der Waals surface area (Å²) in [4.78, 5) is 5.84. The van der Waals surface area contributed by atoms with Crippen molar-refractivity contribution in [1.29, 1.82) is 0 Å². The number of aryl methyl sites for hydroxylation is 1. The van der Waals surface area contributed by atoms with Gasteiger partial charge in [0.05, 0.1) is 4.88 Å². The molecule has 1 aliphatic heterocycles. The minimum absolute atomic E-state index is 0.290. The number of nitrogens with zero attached hydrogens (tertiary/aromatic N) is 3. The number of rotatable bonds is 6. The van der Waals surface area contributed by atoms with Gasteiger partial charge in [0, 0.05) is 17.0 Å². The van der Waals surface area contributed by atoms with Crippen molar-refractivity contribution >= 4 is 28.8 Å². The van der Waals surface area contributed by atoms with E-state index in [1.54, 1.807) is 23.1 Å². The number of benzene rings is 1. The summed E-state index contributed by atoms with van der Waals surface area (Å²) >= 11 is 3.32. The molecule has 5 nitrogen and oxygen atoms in total. The maximum atomic E-state index is 6.31. The fourth-order valence-electron chi connectivity index (χ4n) is 3.00. The van der Waals surface area contributed by atoms with E-state index in [4.69, 9.17) is 9.72 Å². The standard InChI is InChI=1S/C20H22N4OS2/c1-3-4-7-11-27-20-22-18-16(23-24-20)14-8-5-6-9-15(14)21-19(25-18)17-13(2)10-12-26-17/h5-6,8-10,12,19,21H,3-4,7,11H2,1-2H3. The maximum Gasteiger partial charge on any atom is 0.247 e. The summed E-state index contributed by atoms with van der Waals surface area (Å²) in [7, 11) is 0. The van der Waals surface area contributed by atoms with Crippen LogP contribution in [0.4, 0.5) is 5.69 Å². The van der Waals surface area contributed by atoms with Gasteiger partial charge >= 0.3 is 0 Å². The smallest absolute Gasteiger partial charge is 0.247 e. The number of ether oxygens (including phenoxy) is 1. The van der Waals surface area contributed by atoms with Crippen LogP contribution in [0.2, 0.25) is 0 Å². The molecule has 3 heterocycles. The molecule has 0 saturated heterocycles. The molecule has 0 saturated carbocycles. The Morgan fingerprint density at radius 3 is 2.89 bits per heavy atom. The number of hydrogen-bond donors (Lipinski definition) is 1. The first kappa shape index (κ1) is 18.3. The molecule has 4 rings (SSSR count). The molecule has 0 bridgehead atoms. The first-order chi connectivity index (χ1) is 13.3. The molecular weight excluding hydrogens is 376 g/mol. The Kier molecular flexibility index (Phi) is 5.59. The van der Waals surface area contributed by atoms with Crippen molar-refractivity contribution in [3.8, 4) is 17.1 Å². The highest BCUT2D eigenvalue weighted by Gasteiger charge is 2.27. The van der Waals surface area contributed by atoms with Crippen LogP contribution < -0.4 is 10.1 Å². The number of thiophene rings is 1. The van der Waals surface area contributed by atoms with Crippen molar-refractivity contribution in [3.05, 3.63) is 46.2 Å². The lowest BCUT2D eigenvalue weighted by Gasteiger charge is -2.18.